The van der Waals surface area contributed by atoms with E-state index in [-0.39, 0.29) is 0 Å². The molecule has 1 aromatic carbocycles. The Hall–Kier alpha value is -1.90. The third kappa shape index (κ3) is 2.02. The summed E-state index contributed by atoms with van der Waals surface area (Å²) in [7, 11) is 0. The molecule has 0 aromatic heterocycles. The van der Waals surface area contributed by atoms with Crippen molar-refractivity contribution in [3.05, 3.63) is 55.0 Å². The second-order valence-corrected chi connectivity index (χ2v) is 2.50. The minimum Gasteiger partial charge on any atom is -0.464 e. The second-order valence-electron chi connectivity index (χ2n) is 2.50. The van der Waals surface area contributed by atoms with Crippen LogP contribution in [0.1, 0.15) is 0 Å². The molecule has 1 aliphatic heterocycles. The van der Waals surface area contributed by atoms with Crippen LogP contribution in [0.25, 0.3) is 0 Å². The van der Waals surface area contributed by atoms with Gasteiger partial charge in [-0.3, -0.25) is 0 Å². The van der Waals surface area contributed by atoms with Crippen LogP contribution in [-0.2, 0) is 9.47 Å². The molecule has 0 unspecified atom stereocenters. The first-order valence-corrected chi connectivity index (χ1v) is 3.94. The van der Waals surface area contributed by atoms with Gasteiger partial charge in [-0.2, -0.15) is 0 Å². The van der Waals surface area contributed by atoms with Crippen molar-refractivity contribution in [2.45, 2.75) is 0 Å². The normalized spacial score (nSPS) is 14.0. The molecule has 0 saturated carbocycles. The molecule has 0 amide bonds. The number of para-hydroxylation sites is 1. The predicted molar refractivity (Wildman–Crippen MR) is 49.5 cm³/mol. The molecule has 1 aliphatic rings. The summed E-state index contributed by atoms with van der Waals surface area (Å²) < 4.78 is 10.1. The zero-order valence-corrected chi connectivity index (χ0v) is 6.94. The lowest BCUT2D eigenvalue weighted by molar-refractivity contribution is 0.261. The summed E-state index contributed by atoms with van der Waals surface area (Å²) in [6, 6.07) is 9.74. The summed E-state index contributed by atoms with van der Waals surface area (Å²) in [6.07, 6.45) is 4.45. The van der Waals surface area contributed by atoms with Crippen molar-refractivity contribution in [2.24, 2.45) is 0 Å². The van der Waals surface area contributed by atoms with Crippen molar-refractivity contribution in [3.8, 4) is 0 Å². The number of anilines is 1. The van der Waals surface area contributed by atoms with Crippen molar-refractivity contribution >= 4 is 5.69 Å². The third-order valence-corrected chi connectivity index (χ3v) is 1.55. The standard InChI is InChI=1S/C10H9NO2/c1-2-4-9(5-3-1)11-10-8-12-6-7-13-10/h1-8,11H. The molecule has 2 rings (SSSR count). The Morgan fingerprint density at radius 3 is 2.54 bits per heavy atom. The molecule has 66 valence electrons. The lowest BCUT2D eigenvalue weighted by atomic mass is 10.3. The van der Waals surface area contributed by atoms with Gasteiger partial charge in [0, 0.05) is 5.69 Å². The van der Waals surface area contributed by atoms with Gasteiger partial charge < -0.3 is 14.8 Å². The molecule has 1 N–H and O–H groups in total. The largest absolute Gasteiger partial charge is 0.464 e. The molecular formula is C10H9NO2. The van der Waals surface area contributed by atoms with E-state index in [2.05, 4.69) is 5.32 Å². The van der Waals surface area contributed by atoms with Crippen molar-refractivity contribution in [1.29, 1.82) is 0 Å². The number of hydrogen-bond donors (Lipinski definition) is 1. The van der Waals surface area contributed by atoms with E-state index in [1.807, 2.05) is 30.3 Å². The van der Waals surface area contributed by atoms with Gasteiger partial charge in [-0.25, -0.2) is 0 Å². The fourth-order valence-electron chi connectivity index (χ4n) is 0.985. The van der Waals surface area contributed by atoms with E-state index in [1.165, 1.54) is 18.8 Å². The molecule has 1 aromatic rings. The molecule has 0 spiro atoms. The average molecular weight is 175 g/mol. The van der Waals surface area contributed by atoms with Gasteiger partial charge in [0.05, 0.1) is 0 Å². The molecular weight excluding hydrogens is 166 g/mol. The predicted octanol–water partition coefficient (Wildman–Crippen LogP) is 2.42. The summed E-state index contributed by atoms with van der Waals surface area (Å²) in [5, 5.41) is 3.04. The Morgan fingerprint density at radius 1 is 1.00 bits per heavy atom. The van der Waals surface area contributed by atoms with Crippen LogP contribution in [0.5, 0.6) is 0 Å². The Kier molecular flexibility index (Phi) is 2.18. The molecule has 0 bridgehead atoms. The highest BCUT2D eigenvalue weighted by atomic mass is 16.5. The van der Waals surface area contributed by atoms with Crippen LogP contribution in [0.3, 0.4) is 0 Å². The van der Waals surface area contributed by atoms with Crippen LogP contribution in [0.4, 0.5) is 5.69 Å². The fourth-order valence-corrected chi connectivity index (χ4v) is 0.985. The molecule has 0 atom stereocenters. The van der Waals surface area contributed by atoms with Gasteiger partial charge in [0.15, 0.2) is 6.26 Å². The van der Waals surface area contributed by atoms with Crippen LogP contribution in [0.15, 0.2) is 55.0 Å². The topological polar surface area (TPSA) is 30.5 Å². The van der Waals surface area contributed by atoms with E-state index < -0.39 is 0 Å². The van der Waals surface area contributed by atoms with Gasteiger partial charge in [0.25, 0.3) is 0 Å². The number of benzene rings is 1. The van der Waals surface area contributed by atoms with Crippen LogP contribution >= 0.6 is 0 Å². The Balaban J connectivity index is 2.02. The van der Waals surface area contributed by atoms with E-state index >= 15 is 0 Å². The van der Waals surface area contributed by atoms with Crippen molar-refractivity contribution < 1.29 is 9.47 Å². The van der Waals surface area contributed by atoms with Gasteiger partial charge in [-0.05, 0) is 12.1 Å². The summed E-state index contributed by atoms with van der Waals surface area (Å²) in [5.41, 5.74) is 0.965. The molecule has 3 nitrogen and oxygen atoms in total. The van der Waals surface area contributed by atoms with Crippen LogP contribution < -0.4 is 5.32 Å². The number of rotatable bonds is 2. The molecule has 0 aliphatic carbocycles. The number of ether oxygens (including phenoxy) is 2. The summed E-state index contributed by atoms with van der Waals surface area (Å²) in [4.78, 5) is 0. The molecule has 0 saturated heterocycles. The first-order chi connectivity index (χ1) is 6.45. The van der Waals surface area contributed by atoms with Gasteiger partial charge in [-0.1, -0.05) is 18.2 Å². The minimum atomic E-state index is 0.578. The first-order valence-electron chi connectivity index (χ1n) is 3.94. The zero-order chi connectivity index (χ0) is 8.93. The van der Waals surface area contributed by atoms with Crippen LogP contribution in [0.2, 0.25) is 0 Å². The Morgan fingerprint density at radius 2 is 1.85 bits per heavy atom. The monoisotopic (exact) mass is 175 g/mol. The van der Waals surface area contributed by atoms with E-state index in [9.17, 15) is 0 Å². The molecule has 13 heavy (non-hydrogen) atoms. The van der Waals surface area contributed by atoms with E-state index in [0.717, 1.165) is 5.69 Å². The zero-order valence-electron chi connectivity index (χ0n) is 6.94. The van der Waals surface area contributed by atoms with Crippen LogP contribution in [0, 0.1) is 0 Å². The molecule has 1 heterocycles. The average Bonchev–Trinajstić information content (AvgIpc) is 2.21. The smallest absolute Gasteiger partial charge is 0.232 e. The van der Waals surface area contributed by atoms with Gasteiger partial charge in [-0.15, -0.1) is 0 Å². The van der Waals surface area contributed by atoms with E-state index in [0.29, 0.717) is 5.88 Å². The van der Waals surface area contributed by atoms with Gasteiger partial charge in [0.2, 0.25) is 5.88 Å². The fraction of sp³-hybridized carbons (Fsp3) is 0. The lowest BCUT2D eigenvalue weighted by Crippen LogP contribution is -2.03. The molecule has 0 radical (unpaired) electrons. The summed E-state index contributed by atoms with van der Waals surface area (Å²) >= 11 is 0. The highest BCUT2D eigenvalue weighted by Crippen LogP contribution is 2.11. The van der Waals surface area contributed by atoms with Crippen molar-refractivity contribution in [3.63, 3.8) is 0 Å². The molecule has 0 fully saturated rings. The van der Waals surface area contributed by atoms with E-state index in [4.69, 9.17) is 9.47 Å². The molecule has 3 heteroatoms. The summed E-state index contributed by atoms with van der Waals surface area (Å²) in [5.74, 6) is 0.578. The maximum absolute atomic E-state index is 5.13. The Bertz CT molecular complexity index is 330. The Labute approximate surface area is 76.3 Å². The van der Waals surface area contributed by atoms with Gasteiger partial charge in [0.1, 0.15) is 12.5 Å². The SMILES string of the molecule is C1=COC(Nc2ccccc2)=CO1. The lowest BCUT2D eigenvalue weighted by Gasteiger charge is -2.11. The van der Waals surface area contributed by atoms with Crippen molar-refractivity contribution in [1.82, 2.24) is 0 Å². The number of nitrogens with one attached hydrogen (secondary N) is 1. The first kappa shape index (κ1) is 7.73. The minimum absolute atomic E-state index is 0.578. The highest BCUT2D eigenvalue weighted by molar-refractivity contribution is 5.46. The number of hydrogen-bond acceptors (Lipinski definition) is 3. The van der Waals surface area contributed by atoms with Gasteiger partial charge >= 0.3 is 0 Å². The van der Waals surface area contributed by atoms with Crippen LogP contribution in [-0.4, -0.2) is 0 Å². The van der Waals surface area contributed by atoms with E-state index in [1.54, 1.807) is 0 Å². The van der Waals surface area contributed by atoms with Crippen molar-refractivity contribution in [2.75, 3.05) is 5.32 Å². The highest BCUT2D eigenvalue weighted by Gasteiger charge is 2.00. The second kappa shape index (κ2) is 3.67. The third-order valence-electron chi connectivity index (χ3n) is 1.55. The maximum atomic E-state index is 5.13. The summed E-state index contributed by atoms with van der Waals surface area (Å²) in [6.45, 7) is 0. The quantitative estimate of drug-likeness (QED) is 0.748. The maximum Gasteiger partial charge on any atom is 0.232 e.